The smallest absolute Gasteiger partial charge is 0.344 e. The Balaban J connectivity index is 2.02. The Morgan fingerprint density at radius 2 is 2.00 bits per heavy atom. The Kier molecular flexibility index (Phi) is 4.93. The molecule has 1 amide bonds. The number of amides is 1. The zero-order valence-corrected chi connectivity index (χ0v) is 12.8. The van der Waals surface area contributed by atoms with Crippen molar-refractivity contribution in [1.29, 1.82) is 0 Å². The topological polar surface area (TPSA) is 81.4 Å². The Morgan fingerprint density at radius 1 is 1.32 bits per heavy atom. The van der Waals surface area contributed by atoms with Gasteiger partial charge in [0.2, 0.25) is 0 Å². The van der Waals surface area contributed by atoms with E-state index in [0.717, 1.165) is 0 Å². The minimum Gasteiger partial charge on any atom is -0.449 e. The maximum absolute atomic E-state index is 12.2. The molecule has 1 aromatic carbocycles. The molecule has 2 aromatic rings. The molecule has 0 aliphatic rings. The third kappa shape index (κ3) is 3.52. The molecule has 1 aromatic heterocycles. The van der Waals surface area contributed by atoms with Crippen molar-refractivity contribution in [3.8, 4) is 0 Å². The average molecular weight is 302 g/mol. The molecule has 0 radical (unpaired) electrons. The van der Waals surface area contributed by atoms with Crippen molar-refractivity contribution in [2.75, 3.05) is 5.32 Å². The lowest BCUT2D eigenvalue weighted by atomic mass is 10.1. The lowest BCUT2D eigenvalue weighted by Gasteiger charge is -2.13. The number of carbonyl (C=O) groups is 2. The SMILES string of the molecule is CCc1noc(C)c1C(=O)OC(C)C(=O)Nc1ccccc1. The van der Waals surface area contributed by atoms with Crippen LogP contribution in [0, 0.1) is 6.92 Å². The van der Waals surface area contributed by atoms with Gasteiger partial charge in [0.05, 0.1) is 5.69 Å². The summed E-state index contributed by atoms with van der Waals surface area (Å²) in [6.45, 7) is 5.02. The standard InChI is InChI=1S/C16H18N2O4/c1-4-13-14(10(2)22-18-13)16(20)21-11(3)15(19)17-12-8-6-5-7-9-12/h5-9,11H,4H2,1-3H3,(H,17,19). The monoisotopic (exact) mass is 302 g/mol. The van der Waals surface area contributed by atoms with Gasteiger partial charge in [0.25, 0.3) is 5.91 Å². The minimum atomic E-state index is -0.924. The van der Waals surface area contributed by atoms with Crippen LogP contribution in [0.15, 0.2) is 34.9 Å². The van der Waals surface area contributed by atoms with E-state index in [4.69, 9.17) is 9.26 Å². The molecule has 1 N–H and O–H groups in total. The van der Waals surface area contributed by atoms with E-state index in [-0.39, 0.29) is 0 Å². The van der Waals surface area contributed by atoms with Crippen LogP contribution in [0.4, 0.5) is 5.69 Å². The molecule has 1 unspecified atom stereocenters. The number of para-hydroxylation sites is 1. The van der Waals surface area contributed by atoms with Gasteiger partial charge in [0.1, 0.15) is 11.3 Å². The number of nitrogens with zero attached hydrogens (tertiary/aromatic N) is 1. The van der Waals surface area contributed by atoms with Crippen LogP contribution in [0.25, 0.3) is 0 Å². The Labute approximate surface area is 128 Å². The van der Waals surface area contributed by atoms with Crippen LogP contribution in [0.5, 0.6) is 0 Å². The molecule has 0 saturated carbocycles. The van der Waals surface area contributed by atoms with Crippen LogP contribution in [0.2, 0.25) is 0 Å². The lowest BCUT2D eigenvalue weighted by Crippen LogP contribution is -2.30. The second-order valence-corrected chi connectivity index (χ2v) is 4.82. The number of rotatable bonds is 5. The normalized spacial score (nSPS) is 11.8. The number of nitrogens with one attached hydrogen (secondary N) is 1. The molecule has 0 spiro atoms. The molecule has 0 aliphatic heterocycles. The van der Waals surface area contributed by atoms with Gasteiger partial charge in [-0.2, -0.15) is 0 Å². The number of aryl methyl sites for hydroxylation is 2. The molecular formula is C16H18N2O4. The van der Waals surface area contributed by atoms with Gasteiger partial charge in [-0.3, -0.25) is 4.79 Å². The van der Waals surface area contributed by atoms with Crippen LogP contribution in [0.3, 0.4) is 0 Å². The Bertz CT molecular complexity index is 664. The van der Waals surface area contributed by atoms with Crippen molar-refractivity contribution < 1.29 is 18.8 Å². The number of hydrogen-bond acceptors (Lipinski definition) is 5. The van der Waals surface area contributed by atoms with Crippen molar-refractivity contribution in [3.05, 3.63) is 47.3 Å². The van der Waals surface area contributed by atoms with Crippen LogP contribution in [-0.2, 0) is 16.0 Å². The number of benzene rings is 1. The van der Waals surface area contributed by atoms with Crippen molar-refractivity contribution in [1.82, 2.24) is 5.16 Å². The van der Waals surface area contributed by atoms with E-state index in [2.05, 4.69) is 10.5 Å². The average Bonchev–Trinajstić information content (AvgIpc) is 2.89. The zero-order valence-electron chi connectivity index (χ0n) is 12.8. The molecule has 2 rings (SSSR count). The molecule has 0 fully saturated rings. The number of anilines is 1. The van der Waals surface area contributed by atoms with Gasteiger partial charge in [0.15, 0.2) is 6.10 Å². The van der Waals surface area contributed by atoms with Crippen molar-refractivity contribution in [2.45, 2.75) is 33.3 Å². The van der Waals surface area contributed by atoms with Gasteiger partial charge < -0.3 is 14.6 Å². The maximum atomic E-state index is 12.2. The quantitative estimate of drug-likeness (QED) is 0.859. The number of aromatic nitrogens is 1. The van der Waals surface area contributed by atoms with Crippen molar-refractivity contribution >= 4 is 17.6 Å². The Hall–Kier alpha value is -2.63. The first-order valence-corrected chi connectivity index (χ1v) is 7.05. The fourth-order valence-electron chi connectivity index (χ4n) is 1.96. The van der Waals surface area contributed by atoms with E-state index in [1.807, 2.05) is 13.0 Å². The highest BCUT2D eigenvalue weighted by Gasteiger charge is 2.25. The molecule has 0 aliphatic carbocycles. The maximum Gasteiger partial charge on any atom is 0.344 e. The van der Waals surface area contributed by atoms with E-state index < -0.39 is 18.0 Å². The fourth-order valence-corrected chi connectivity index (χ4v) is 1.96. The summed E-state index contributed by atoms with van der Waals surface area (Å²) >= 11 is 0. The highest BCUT2D eigenvalue weighted by molar-refractivity contribution is 5.98. The predicted molar refractivity (Wildman–Crippen MR) is 80.6 cm³/mol. The second kappa shape index (κ2) is 6.89. The molecule has 116 valence electrons. The Morgan fingerprint density at radius 3 is 2.64 bits per heavy atom. The first-order valence-electron chi connectivity index (χ1n) is 7.05. The summed E-state index contributed by atoms with van der Waals surface area (Å²) in [5, 5.41) is 6.48. The predicted octanol–water partition coefficient (Wildman–Crippen LogP) is 2.73. The highest BCUT2D eigenvalue weighted by atomic mass is 16.5. The summed E-state index contributed by atoms with van der Waals surface area (Å²) < 4.78 is 10.2. The third-order valence-corrected chi connectivity index (χ3v) is 3.17. The molecule has 1 atom stereocenters. The first-order chi connectivity index (χ1) is 10.5. The number of esters is 1. The summed E-state index contributed by atoms with van der Waals surface area (Å²) in [5.74, 6) is -0.615. The van der Waals surface area contributed by atoms with Gasteiger partial charge in [-0.25, -0.2) is 4.79 Å². The van der Waals surface area contributed by atoms with E-state index >= 15 is 0 Å². The van der Waals surface area contributed by atoms with Gasteiger partial charge in [0, 0.05) is 5.69 Å². The summed E-state index contributed by atoms with van der Waals surface area (Å²) in [4.78, 5) is 24.2. The fraction of sp³-hybridized carbons (Fsp3) is 0.312. The van der Waals surface area contributed by atoms with E-state index in [1.165, 1.54) is 6.92 Å². The van der Waals surface area contributed by atoms with Crippen LogP contribution in [-0.4, -0.2) is 23.1 Å². The molecule has 6 heteroatoms. The molecule has 0 bridgehead atoms. The van der Waals surface area contributed by atoms with Crippen LogP contribution in [0.1, 0.15) is 35.7 Å². The molecule has 1 heterocycles. The minimum absolute atomic E-state index is 0.293. The van der Waals surface area contributed by atoms with Crippen molar-refractivity contribution in [2.24, 2.45) is 0 Å². The highest BCUT2D eigenvalue weighted by Crippen LogP contribution is 2.16. The van der Waals surface area contributed by atoms with Crippen LogP contribution < -0.4 is 5.32 Å². The van der Waals surface area contributed by atoms with Gasteiger partial charge in [-0.1, -0.05) is 30.3 Å². The molecule has 6 nitrogen and oxygen atoms in total. The van der Waals surface area contributed by atoms with E-state index in [0.29, 0.717) is 29.1 Å². The molecule has 22 heavy (non-hydrogen) atoms. The first kappa shape index (κ1) is 15.8. The number of hydrogen-bond donors (Lipinski definition) is 1. The summed E-state index contributed by atoms with van der Waals surface area (Å²) in [6.07, 6.45) is -0.376. The number of carbonyl (C=O) groups excluding carboxylic acids is 2. The molecule has 0 saturated heterocycles. The van der Waals surface area contributed by atoms with E-state index in [9.17, 15) is 9.59 Å². The van der Waals surface area contributed by atoms with E-state index in [1.54, 1.807) is 31.2 Å². The van der Waals surface area contributed by atoms with Gasteiger partial charge in [-0.15, -0.1) is 0 Å². The van der Waals surface area contributed by atoms with Crippen LogP contribution >= 0.6 is 0 Å². The zero-order chi connectivity index (χ0) is 16.1. The van der Waals surface area contributed by atoms with Crippen molar-refractivity contribution in [3.63, 3.8) is 0 Å². The lowest BCUT2D eigenvalue weighted by molar-refractivity contribution is -0.123. The molecular weight excluding hydrogens is 284 g/mol. The summed E-state index contributed by atoms with van der Waals surface area (Å²) in [7, 11) is 0. The largest absolute Gasteiger partial charge is 0.449 e. The third-order valence-electron chi connectivity index (χ3n) is 3.17. The summed E-state index contributed by atoms with van der Waals surface area (Å²) in [5.41, 5.74) is 1.46. The van der Waals surface area contributed by atoms with Gasteiger partial charge >= 0.3 is 5.97 Å². The second-order valence-electron chi connectivity index (χ2n) is 4.82. The summed E-state index contributed by atoms with van der Waals surface area (Å²) in [6, 6.07) is 8.97. The number of ether oxygens (including phenoxy) is 1. The van der Waals surface area contributed by atoms with Gasteiger partial charge in [-0.05, 0) is 32.4 Å².